The van der Waals surface area contributed by atoms with Crippen LogP contribution in [0.2, 0.25) is 0 Å². The number of aromatic amines is 1. The lowest BCUT2D eigenvalue weighted by Gasteiger charge is -2.25. The van der Waals surface area contributed by atoms with Gasteiger partial charge >= 0.3 is 0 Å². The summed E-state index contributed by atoms with van der Waals surface area (Å²) < 4.78 is 13.1. The van der Waals surface area contributed by atoms with Crippen LogP contribution in [-0.4, -0.2) is 35.5 Å². The Morgan fingerprint density at radius 2 is 1.86 bits per heavy atom. The quantitative estimate of drug-likeness (QED) is 0.758. The Bertz CT molecular complexity index is 716. The summed E-state index contributed by atoms with van der Waals surface area (Å²) in [5.41, 5.74) is 3.01. The van der Waals surface area contributed by atoms with Crippen LogP contribution in [0.1, 0.15) is 11.6 Å². The van der Waals surface area contributed by atoms with Crippen LogP contribution in [0.4, 0.5) is 10.3 Å². The second-order valence-electron chi connectivity index (χ2n) is 5.51. The molecule has 2 N–H and O–H groups in total. The third-order valence-corrected chi connectivity index (χ3v) is 3.73. The van der Waals surface area contributed by atoms with Gasteiger partial charge in [0.2, 0.25) is 5.95 Å². The van der Waals surface area contributed by atoms with Crippen molar-refractivity contribution >= 4 is 17.0 Å². The predicted octanol–water partition coefficient (Wildman–Crippen LogP) is 3.42. The van der Waals surface area contributed by atoms with E-state index in [9.17, 15) is 4.39 Å². The third-order valence-electron chi connectivity index (χ3n) is 3.73. The molecule has 0 saturated carbocycles. The largest absolute Gasteiger partial charge is 0.354 e. The molecule has 0 spiro atoms. The fourth-order valence-electron chi connectivity index (χ4n) is 2.51. The second kappa shape index (κ2) is 6.15. The zero-order valence-corrected chi connectivity index (χ0v) is 12.7. The molecule has 2 aromatic carbocycles. The lowest BCUT2D eigenvalue weighted by Crippen LogP contribution is -2.27. The average molecular weight is 298 g/mol. The highest BCUT2D eigenvalue weighted by Crippen LogP contribution is 2.20. The van der Waals surface area contributed by atoms with Gasteiger partial charge in [-0.15, -0.1) is 0 Å². The van der Waals surface area contributed by atoms with Crippen molar-refractivity contribution in [3.63, 3.8) is 0 Å². The highest BCUT2D eigenvalue weighted by molar-refractivity contribution is 5.77. The summed E-state index contributed by atoms with van der Waals surface area (Å²) in [5, 5.41) is 3.33. The lowest BCUT2D eigenvalue weighted by molar-refractivity contribution is 0.311. The van der Waals surface area contributed by atoms with Gasteiger partial charge < -0.3 is 15.2 Å². The Morgan fingerprint density at radius 1 is 1.14 bits per heavy atom. The van der Waals surface area contributed by atoms with Crippen molar-refractivity contribution in [2.75, 3.05) is 26.0 Å². The fourth-order valence-corrected chi connectivity index (χ4v) is 2.51. The molecule has 0 radical (unpaired) electrons. The van der Waals surface area contributed by atoms with E-state index in [2.05, 4.69) is 20.2 Å². The summed E-state index contributed by atoms with van der Waals surface area (Å²) in [6.07, 6.45) is 0. The van der Waals surface area contributed by atoms with Gasteiger partial charge in [-0.25, -0.2) is 9.37 Å². The van der Waals surface area contributed by atoms with Crippen molar-refractivity contribution in [3.05, 3.63) is 59.9 Å². The number of nitrogens with one attached hydrogen (secondary N) is 2. The number of fused-ring (bicyclic) bond motifs is 1. The van der Waals surface area contributed by atoms with Gasteiger partial charge in [0.15, 0.2) is 0 Å². The van der Waals surface area contributed by atoms with Crippen LogP contribution in [0, 0.1) is 5.82 Å². The monoisotopic (exact) mass is 298 g/mol. The molecule has 1 heterocycles. The summed E-state index contributed by atoms with van der Waals surface area (Å²) in [6, 6.07) is 14.7. The van der Waals surface area contributed by atoms with E-state index in [1.54, 1.807) is 0 Å². The smallest absolute Gasteiger partial charge is 0.201 e. The summed E-state index contributed by atoms with van der Waals surface area (Å²) in [4.78, 5) is 9.86. The third kappa shape index (κ3) is 3.09. The molecular formula is C17H19FN4. The molecule has 3 aromatic rings. The van der Waals surface area contributed by atoms with Crippen LogP contribution in [0.5, 0.6) is 0 Å². The van der Waals surface area contributed by atoms with Crippen molar-refractivity contribution in [1.82, 2.24) is 14.9 Å². The van der Waals surface area contributed by atoms with Crippen LogP contribution in [0.15, 0.2) is 48.5 Å². The number of benzene rings is 2. The van der Waals surface area contributed by atoms with Crippen LogP contribution in [0.3, 0.4) is 0 Å². The van der Waals surface area contributed by atoms with E-state index >= 15 is 0 Å². The Morgan fingerprint density at radius 3 is 2.55 bits per heavy atom. The maximum absolute atomic E-state index is 13.1. The summed E-state index contributed by atoms with van der Waals surface area (Å²) in [5.74, 6) is 0.529. The zero-order chi connectivity index (χ0) is 15.5. The Labute approximate surface area is 129 Å². The predicted molar refractivity (Wildman–Crippen MR) is 87.4 cm³/mol. The maximum Gasteiger partial charge on any atom is 0.201 e. The number of hydrogen-bond acceptors (Lipinski definition) is 3. The molecule has 1 atom stereocenters. The number of para-hydroxylation sites is 2. The van der Waals surface area contributed by atoms with E-state index in [-0.39, 0.29) is 11.9 Å². The first kappa shape index (κ1) is 14.5. The minimum atomic E-state index is -0.216. The Kier molecular flexibility index (Phi) is 4.06. The van der Waals surface area contributed by atoms with E-state index in [1.807, 2.05) is 50.5 Å². The molecule has 0 aliphatic rings. The lowest BCUT2D eigenvalue weighted by atomic mass is 10.1. The molecular weight excluding hydrogens is 279 g/mol. The first-order valence-electron chi connectivity index (χ1n) is 7.24. The van der Waals surface area contributed by atoms with Gasteiger partial charge in [0.1, 0.15) is 5.82 Å². The van der Waals surface area contributed by atoms with Crippen molar-refractivity contribution in [2.45, 2.75) is 6.04 Å². The number of anilines is 1. The summed E-state index contributed by atoms with van der Waals surface area (Å²) >= 11 is 0. The van der Waals surface area contributed by atoms with Crippen molar-refractivity contribution < 1.29 is 4.39 Å². The molecule has 1 aromatic heterocycles. The number of hydrogen-bond donors (Lipinski definition) is 2. The highest BCUT2D eigenvalue weighted by atomic mass is 19.1. The van der Waals surface area contributed by atoms with E-state index < -0.39 is 0 Å². The number of likely N-dealkylation sites (N-methyl/N-ethyl adjacent to an activating group) is 1. The molecule has 0 aliphatic carbocycles. The normalized spacial score (nSPS) is 12.7. The topological polar surface area (TPSA) is 44.0 Å². The zero-order valence-electron chi connectivity index (χ0n) is 12.7. The molecule has 0 fully saturated rings. The van der Waals surface area contributed by atoms with Crippen molar-refractivity contribution in [3.8, 4) is 0 Å². The van der Waals surface area contributed by atoms with Crippen LogP contribution in [0.25, 0.3) is 11.0 Å². The number of halogens is 1. The van der Waals surface area contributed by atoms with E-state index in [1.165, 1.54) is 12.1 Å². The number of rotatable bonds is 5. The highest BCUT2D eigenvalue weighted by Gasteiger charge is 2.14. The standard InChI is InChI=1S/C17H19FN4/c1-22(2)16(12-7-9-13(18)10-8-12)11-19-17-20-14-5-3-4-6-15(14)21-17/h3-10,16H,11H2,1-2H3,(H2,19,20,21). The molecule has 0 saturated heterocycles. The van der Waals surface area contributed by atoms with Gasteiger partial charge in [-0.1, -0.05) is 24.3 Å². The number of nitrogens with zero attached hydrogens (tertiary/aromatic N) is 2. The second-order valence-corrected chi connectivity index (χ2v) is 5.51. The molecule has 4 nitrogen and oxygen atoms in total. The summed E-state index contributed by atoms with van der Waals surface area (Å²) in [6.45, 7) is 0.679. The van der Waals surface area contributed by atoms with E-state index in [0.717, 1.165) is 22.5 Å². The minimum Gasteiger partial charge on any atom is -0.354 e. The van der Waals surface area contributed by atoms with Gasteiger partial charge in [0, 0.05) is 6.54 Å². The molecule has 114 valence electrons. The number of imidazole rings is 1. The molecule has 22 heavy (non-hydrogen) atoms. The molecule has 5 heteroatoms. The van der Waals surface area contributed by atoms with Crippen molar-refractivity contribution in [2.24, 2.45) is 0 Å². The Balaban J connectivity index is 1.75. The molecule has 0 aliphatic heterocycles. The van der Waals surface area contributed by atoms with Crippen LogP contribution in [-0.2, 0) is 0 Å². The molecule has 0 amide bonds. The first-order valence-corrected chi connectivity index (χ1v) is 7.24. The molecule has 1 unspecified atom stereocenters. The van der Waals surface area contributed by atoms with Gasteiger partial charge in [-0.05, 0) is 43.9 Å². The number of aromatic nitrogens is 2. The summed E-state index contributed by atoms with van der Waals surface area (Å²) in [7, 11) is 4.02. The maximum atomic E-state index is 13.1. The SMILES string of the molecule is CN(C)C(CNc1nc2ccccc2[nH]1)c1ccc(F)cc1. The number of H-pyrrole nitrogens is 1. The van der Waals surface area contributed by atoms with Gasteiger partial charge in [-0.3, -0.25) is 0 Å². The minimum absolute atomic E-state index is 0.133. The van der Waals surface area contributed by atoms with E-state index in [4.69, 9.17) is 0 Å². The van der Waals surface area contributed by atoms with Crippen LogP contribution >= 0.6 is 0 Å². The molecule has 0 bridgehead atoms. The van der Waals surface area contributed by atoms with Crippen LogP contribution < -0.4 is 5.32 Å². The van der Waals surface area contributed by atoms with E-state index in [0.29, 0.717) is 6.54 Å². The van der Waals surface area contributed by atoms with Gasteiger partial charge in [0.05, 0.1) is 17.1 Å². The van der Waals surface area contributed by atoms with Gasteiger partial charge in [-0.2, -0.15) is 0 Å². The molecule has 3 rings (SSSR count). The van der Waals surface area contributed by atoms with Crippen molar-refractivity contribution in [1.29, 1.82) is 0 Å². The average Bonchev–Trinajstić information content (AvgIpc) is 2.91. The first-order chi connectivity index (χ1) is 10.6. The van der Waals surface area contributed by atoms with Gasteiger partial charge in [0.25, 0.3) is 0 Å². The Hall–Kier alpha value is -2.40. The fraction of sp³-hybridized carbons (Fsp3) is 0.235.